The number of carbonyl (C=O) groups excluding carboxylic acids is 1. The fourth-order valence-electron chi connectivity index (χ4n) is 1.85. The summed E-state index contributed by atoms with van der Waals surface area (Å²) in [5.74, 6) is -2.60. The Labute approximate surface area is 96.1 Å². The Kier molecular flexibility index (Phi) is 2.51. The summed E-state index contributed by atoms with van der Waals surface area (Å²) in [4.78, 5) is 22.5. The van der Waals surface area contributed by atoms with Gasteiger partial charge in [-0.1, -0.05) is 0 Å². The van der Waals surface area contributed by atoms with Gasteiger partial charge in [0.25, 0.3) is 0 Å². The van der Waals surface area contributed by atoms with E-state index < -0.39 is 35.5 Å². The number of hydrogen-bond acceptors (Lipinski definition) is 5. The highest BCUT2D eigenvalue weighted by molar-refractivity contribution is 6.00. The largest absolute Gasteiger partial charge is 0.507 e. The van der Waals surface area contributed by atoms with Gasteiger partial charge in [0.15, 0.2) is 0 Å². The van der Waals surface area contributed by atoms with Gasteiger partial charge in [0.1, 0.15) is 23.5 Å². The number of carboxylic acids is 1. The molecule has 1 aliphatic heterocycles. The number of esters is 1. The standard InChI is InChI=1S/C11H10O6/c1-4-9(13)7-5(11(16)17-4)2-3-6(12)8(7)10(14)15/h2-4,9,12-13H,1H3,(H,14,15)/t4-,9-/m0/s1. The molecule has 1 heterocycles. The fraction of sp³-hybridized carbons (Fsp3) is 0.273. The highest BCUT2D eigenvalue weighted by Crippen LogP contribution is 2.36. The smallest absolute Gasteiger partial charge is 0.339 e. The molecular weight excluding hydrogens is 228 g/mol. The molecule has 1 aliphatic rings. The monoisotopic (exact) mass is 238 g/mol. The lowest BCUT2D eigenvalue weighted by molar-refractivity contribution is -0.0216. The van der Waals surface area contributed by atoms with Crippen LogP contribution in [0.3, 0.4) is 0 Å². The van der Waals surface area contributed by atoms with Crippen LogP contribution in [-0.4, -0.2) is 33.4 Å². The molecule has 3 N–H and O–H groups in total. The molecule has 0 saturated carbocycles. The molecule has 0 fully saturated rings. The first-order valence-corrected chi connectivity index (χ1v) is 4.91. The second-order valence-electron chi connectivity index (χ2n) is 3.78. The number of carbonyl (C=O) groups is 2. The topological polar surface area (TPSA) is 104 Å². The number of aliphatic hydroxyl groups excluding tert-OH is 1. The molecule has 0 saturated heterocycles. The number of fused-ring (bicyclic) bond motifs is 1. The van der Waals surface area contributed by atoms with Gasteiger partial charge in [-0.15, -0.1) is 0 Å². The van der Waals surface area contributed by atoms with Gasteiger partial charge in [-0.2, -0.15) is 0 Å². The van der Waals surface area contributed by atoms with E-state index >= 15 is 0 Å². The molecule has 0 unspecified atom stereocenters. The van der Waals surface area contributed by atoms with Crippen molar-refractivity contribution in [1.29, 1.82) is 0 Å². The Morgan fingerprint density at radius 2 is 2.06 bits per heavy atom. The molecule has 0 amide bonds. The van der Waals surface area contributed by atoms with Crippen molar-refractivity contribution in [3.8, 4) is 5.75 Å². The minimum absolute atomic E-state index is 0.0363. The molecule has 2 atom stereocenters. The fourth-order valence-corrected chi connectivity index (χ4v) is 1.85. The molecule has 1 aromatic carbocycles. The van der Waals surface area contributed by atoms with E-state index in [4.69, 9.17) is 9.84 Å². The first kappa shape index (κ1) is 11.4. The summed E-state index contributed by atoms with van der Waals surface area (Å²) in [5, 5.41) is 28.3. The molecule has 6 nitrogen and oxygen atoms in total. The predicted molar refractivity (Wildman–Crippen MR) is 54.9 cm³/mol. The van der Waals surface area contributed by atoms with Crippen LogP contribution in [0.4, 0.5) is 0 Å². The van der Waals surface area contributed by atoms with E-state index in [1.54, 1.807) is 0 Å². The van der Waals surface area contributed by atoms with Gasteiger partial charge in [-0.05, 0) is 19.1 Å². The van der Waals surface area contributed by atoms with Crippen LogP contribution in [-0.2, 0) is 4.74 Å². The summed E-state index contributed by atoms with van der Waals surface area (Å²) in [5.41, 5.74) is -0.592. The molecule has 6 heteroatoms. The number of cyclic esters (lactones) is 1. The van der Waals surface area contributed by atoms with Gasteiger partial charge in [0.05, 0.1) is 5.56 Å². The number of aromatic carboxylic acids is 1. The number of carboxylic acid groups (broad SMARTS) is 1. The van der Waals surface area contributed by atoms with Crippen LogP contribution in [0, 0.1) is 0 Å². The van der Waals surface area contributed by atoms with Gasteiger partial charge in [0.2, 0.25) is 0 Å². The number of hydrogen-bond donors (Lipinski definition) is 3. The van der Waals surface area contributed by atoms with Crippen molar-refractivity contribution < 1.29 is 29.6 Å². The van der Waals surface area contributed by atoms with Crippen molar-refractivity contribution in [3.05, 3.63) is 28.8 Å². The number of aromatic hydroxyl groups is 1. The molecule has 0 bridgehead atoms. The number of aliphatic hydroxyl groups is 1. The summed E-state index contributed by atoms with van der Waals surface area (Å²) in [7, 11) is 0. The van der Waals surface area contributed by atoms with Crippen molar-refractivity contribution in [2.45, 2.75) is 19.1 Å². The summed E-state index contributed by atoms with van der Waals surface area (Å²) >= 11 is 0. The Balaban J connectivity index is 2.75. The zero-order valence-corrected chi connectivity index (χ0v) is 8.88. The van der Waals surface area contributed by atoms with Gasteiger partial charge in [-0.3, -0.25) is 0 Å². The van der Waals surface area contributed by atoms with Crippen LogP contribution in [0.15, 0.2) is 12.1 Å². The Morgan fingerprint density at radius 3 is 2.65 bits per heavy atom. The summed E-state index contributed by atoms with van der Waals surface area (Å²) < 4.78 is 4.84. The normalized spacial score (nSPS) is 22.8. The minimum Gasteiger partial charge on any atom is -0.507 e. The number of phenols is 1. The highest BCUT2D eigenvalue weighted by Gasteiger charge is 2.36. The van der Waals surface area contributed by atoms with Crippen LogP contribution in [0.2, 0.25) is 0 Å². The van der Waals surface area contributed by atoms with E-state index in [9.17, 15) is 19.8 Å². The van der Waals surface area contributed by atoms with Gasteiger partial charge < -0.3 is 20.1 Å². The third-order valence-electron chi connectivity index (χ3n) is 2.69. The molecule has 17 heavy (non-hydrogen) atoms. The Morgan fingerprint density at radius 1 is 1.41 bits per heavy atom. The first-order chi connectivity index (χ1) is 7.93. The lowest BCUT2D eigenvalue weighted by Crippen LogP contribution is -2.31. The maximum atomic E-state index is 11.5. The third kappa shape index (κ3) is 1.62. The summed E-state index contributed by atoms with van der Waals surface area (Å²) in [6.07, 6.45) is -2.12. The molecule has 0 aromatic heterocycles. The Bertz CT molecular complexity index is 507. The van der Waals surface area contributed by atoms with Crippen molar-refractivity contribution in [1.82, 2.24) is 0 Å². The second kappa shape index (κ2) is 3.74. The average Bonchev–Trinajstić information content (AvgIpc) is 2.24. The molecule has 0 radical (unpaired) electrons. The second-order valence-corrected chi connectivity index (χ2v) is 3.78. The molecule has 2 rings (SSSR count). The van der Waals surface area contributed by atoms with E-state index in [1.165, 1.54) is 13.0 Å². The van der Waals surface area contributed by atoms with Crippen molar-refractivity contribution in [3.63, 3.8) is 0 Å². The lowest BCUT2D eigenvalue weighted by atomic mass is 9.91. The summed E-state index contributed by atoms with van der Waals surface area (Å²) in [6.45, 7) is 1.45. The average molecular weight is 238 g/mol. The molecule has 90 valence electrons. The SMILES string of the molecule is C[C@@H]1OC(=O)c2ccc(O)c(C(=O)O)c2[C@H]1O. The third-order valence-corrected chi connectivity index (χ3v) is 2.69. The van der Waals surface area contributed by atoms with Crippen molar-refractivity contribution in [2.75, 3.05) is 0 Å². The maximum Gasteiger partial charge on any atom is 0.339 e. The number of ether oxygens (including phenoxy) is 1. The van der Waals surface area contributed by atoms with Gasteiger partial charge in [-0.25, -0.2) is 9.59 Å². The number of rotatable bonds is 1. The maximum absolute atomic E-state index is 11.5. The van der Waals surface area contributed by atoms with E-state index in [-0.39, 0.29) is 11.1 Å². The van der Waals surface area contributed by atoms with E-state index in [1.807, 2.05) is 0 Å². The molecular formula is C11H10O6. The molecule has 0 spiro atoms. The predicted octanol–water partition coefficient (Wildman–Crippen LogP) is 0.683. The lowest BCUT2D eigenvalue weighted by Gasteiger charge is -2.28. The minimum atomic E-state index is -1.40. The van der Waals surface area contributed by atoms with Gasteiger partial charge in [0, 0.05) is 5.56 Å². The Hall–Kier alpha value is -2.08. The van der Waals surface area contributed by atoms with E-state index in [2.05, 4.69) is 0 Å². The molecule has 1 aromatic rings. The van der Waals surface area contributed by atoms with Crippen LogP contribution < -0.4 is 0 Å². The van der Waals surface area contributed by atoms with Crippen LogP contribution >= 0.6 is 0 Å². The molecule has 0 aliphatic carbocycles. The zero-order valence-electron chi connectivity index (χ0n) is 8.88. The van der Waals surface area contributed by atoms with Crippen LogP contribution in [0.1, 0.15) is 39.3 Å². The van der Waals surface area contributed by atoms with Gasteiger partial charge >= 0.3 is 11.9 Å². The van der Waals surface area contributed by atoms with Crippen LogP contribution in [0.5, 0.6) is 5.75 Å². The van der Waals surface area contributed by atoms with E-state index in [0.717, 1.165) is 6.07 Å². The first-order valence-electron chi connectivity index (χ1n) is 4.91. The van der Waals surface area contributed by atoms with Crippen molar-refractivity contribution in [2.24, 2.45) is 0 Å². The van der Waals surface area contributed by atoms with Crippen LogP contribution in [0.25, 0.3) is 0 Å². The summed E-state index contributed by atoms with van der Waals surface area (Å²) in [6, 6.07) is 2.32. The quantitative estimate of drug-likeness (QED) is 0.621. The number of benzene rings is 1. The zero-order chi connectivity index (χ0) is 12.7. The van der Waals surface area contributed by atoms with Crippen molar-refractivity contribution >= 4 is 11.9 Å². The highest BCUT2D eigenvalue weighted by atomic mass is 16.6. The van der Waals surface area contributed by atoms with E-state index in [0.29, 0.717) is 0 Å².